The molecular formula is C14H26ClN3O6S2. The summed E-state index contributed by atoms with van der Waals surface area (Å²) in [4.78, 5) is 14.3. The average Bonchev–Trinajstić information content (AvgIpc) is 2.95. The van der Waals surface area contributed by atoms with Gasteiger partial charge in [-0.15, -0.1) is 12.4 Å². The van der Waals surface area contributed by atoms with Crippen LogP contribution in [-0.4, -0.2) is 100 Å². The second-order valence-electron chi connectivity index (χ2n) is 6.80. The van der Waals surface area contributed by atoms with Gasteiger partial charge in [-0.3, -0.25) is 4.79 Å². The van der Waals surface area contributed by atoms with Gasteiger partial charge in [0, 0.05) is 32.7 Å². The Morgan fingerprint density at radius 2 is 1.85 bits per heavy atom. The first-order chi connectivity index (χ1) is 11.7. The fourth-order valence-electron chi connectivity index (χ4n) is 3.58. The predicted octanol–water partition coefficient (Wildman–Crippen LogP) is -1.55. The molecule has 3 aliphatic heterocycles. The second-order valence-corrected chi connectivity index (χ2v) is 11.2. The molecule has 0 aromatic heterocycles. The molecule has 0 radical (unpaired) electrons. The van der Waals surface area contributed by atoms with Gasteiger partial charge in [-0.25, -0.2) is 16.8 Å². The van der Waals surface area contributed by atoms with Crippen LogP contribution < -0.4 is 5.32 Å². The van der Waals surface area contributed by atoms with Crippen molar-refractivity contribution in [3.63, 3.8) is 0 Å². The molecule has 1 amide bonds. The number of carbonyl (C=O) groups excluding carboxylic acids is 1. The molecule has 0 saturated carbocycles. The maximum atomic E-state index is 12.6. The number of rotatable bonds is 3. The Balaban J connectivity index is 0.00000243. The molecule has 3 heterocycles. The van der Waals surface area contributed by atoms with Crippen LogP contribution in [0.4, 0.5) is 0 Å². The van der Waals surface area contributed by atoms with Crippen LogP contribution in [0, 0.1) is 0 Å². The van der Waals surface area contributed by atoms with Gasteiger partial charge in [0.15, 0.2) is 9.84 Å². The summed E-state index contributed by atoms with van der Waals surface area (Å²) in [5.41, 5.74) is 0. The highest BCUT2D eigenvalue weighted by Crippen LogP contribution is 2.23. The lowest BCUT2D eigenvalue weighted by Gasteiger charge is -2.38. The van der Waals surface area contributed by atoms with Gasteiger partial charge >= 0.3 is 0 Å². The van der Waals surface area contributed by atoms with Crippen molar-refractivity contribution in [2.45, 2.75) is 30.7 Å². The van der Waals surface area contributed by atoms with Crippen LogP contribution in [0.15, 0.2) is 0 Å². The van der Waals surface area contributed by atoms with Crippen LogP contribution in [-0.2, 0) is 29.4 Å². The third-order valence-corrected chi connectivity index (χ3v) is 9.41. The first-order valence-electron chi connectivity index (χ1n) is 8.54. The van der Waals surface area contributed by atoms with Crippen LogP contribution in [0.3, 0.4) is 0 Å². The summed E-state index contributed by atoms with van der Waals surface area (Å²) < 4.78 is 55.2. The van der Waals surface area contributed by atoms with E-state index in [4.69, 9.17) is 4.74 Å². The lowest BCUT2D eigenvalue weighted by Crippen LogP contribution is -2.60. The Bertz CT molecular complexity index is 721. The van der Waals surface area contributed by atoms with Gasteiger partial charge in [0.25, 0.3) is 0 Å². The summed E-state index contributed by atoms with van der Waals surface area (Å²) in [7, 11) is -6.90. The fourth-order valence-corrected chi connectivity index (χ4v) is 8.09. The van der Waals surface area contributed by atoms with E-state index in [1.165, 1.54) is 4.31 Å². The lowest BCUT2D eigenvalue weighted by atomic mass is 10.1. The number of halogens is 1. The number of morpholine rings is 1. The van der Waals surface area contributed by atoms with Crippen LogP contribution in [0.5, 0.6) is 0 Å². The number of piperazine rings is 1. The summed E-state index contributed by atoms with van der Waals surface area (Å²) in [6.45, 7) is 4.05. The highest BCUT2D eigenvalue weighted by molar-refractivity contribution is 7.95. The Morgan fingerprint density at radius 3 is 2.38 bits per heavy atom. The normalized spacial score (nSPS) is 32.8. The first kappa shape index (κ1) is 21.8. The molecule has 1 unspecified atom stereocenters. The van der Waals surface area contributed by atoms with Crippen LogP contribution >= 0.6 is 12.4 Å². The third-order valence-electron chi connectivity index (χ3n) is 5.10. The van der Waals surface area contributed by atoms with Crippen molar-refractivity contribution in [1.29, 1.82) is 0 Å². The molecular weight excluding hydrogens is 406 g/mol. The highest BCUT2D eigenvalue weighted by atomic mass is 35.5. The van der Waals surface area contributed by atoms with Gasteiger partial charge in [-0.2, -0.15) is 4.31 Å². The zero-order valence-corrected chi connectivity index (χ0v) is 17.1. The zero-order chi connectivity index (χ0) is 18.2. The van der Waals surface area contributed by atoms with Crippen molar-refractivity contribution in [3.05, 3.63) is 0 Å². The molecule has 3 saturated heterocycles. The maximum Gasteiger partial charge on any atom is 0.242 e. The molecule has 0 aromatic rings. The van der Waals surface area contributed by atoms with Gasteiger partial charge in [0.05, 0.1) is 29.5 Å². The number of amides is 1. The number of carbonyl (C=O) groups is 1. The molecule has 0 bridgehead atoms. The summed E-state index contributed by atoms with van der Waals surface area (Å²) in [5, 5.41) is 2.29. The predicted molar refractivity (Wildman–Crippen MR) is 98.6 cm³/mol. The molecule has 0 aliphatic carbocycles. The first-order valence-corrected chi connectivity index (χ1v) is 11.9. The SMILES string of the molecule is C[C@H]1OCCN[C@@H]1C(=O)N1CCN(S(=O)(=O)C2CCS(=O)(=O)C2)CC1.Cl. The lowest BCUT2D eigenvalue weighted by molar-refractivity contribution is -0.140. The highest BCUT2D eigenvalue weighted by Gasteiger charge is 2.42. The number of sulfonamides is 1. The summed E-state index contributed by atoms with van der Waals surface area (Å²) in [5.74, 6) is -0.441. The van der Waals surface area contributed by atoms with E-state index in [0.29, 0.717) is 26.2 Å². The third kappa shape index (κ3) is 4.50. The molecule has 0 aromatic carbocycles. The minimum atomic E-state index is -3.64. The second kappa shape index (κ2) is 8.27. The van der Waals surface area contributed by atoms with E-state index in [2.05, 4.69) is 5.32 Å². The van der Waals surface area contributed by atoms with E-state index in [1.54, 1.807) is 4.90 Å². The van der Waals surface area contributed by atoms with Crippen molar-refractivity contribution in [2.75, 3.05) is 50.8 Å². The Labute approximate surface area is 160 Å². The monoisotopic (exact) mass is 431 g/mol. The van der Waals surface area contributed by atoms with Crippen molar-refractivity contribution in [2.24, 2.45) is 0 Å². The van der Waals surface area contributed by atoms with Crippen molar-refractivity contribution in [3.8, 4) is 0 Å². The zero-order valence-electron chi connectivity index (χ0n) is 14.7. The van der Waals surface area contributed by atoms with E-state index in [9.17, 15) is 21.6 Å². The minimum Gasteiger partial charge on any atom is -0.375 e. The Kier molecular flexibility index (Phi) is 6.95. The van der Waals surface area contributed by atoms with Crippen molar-refractivity contribution >= 4 is 38.2 Å². The molecule has 3 fully saturated rings. The number of sulfone groups is 1. The fraction of sp³-hybridized carbons (Fsp3) is 0.929. The van der Waals surface area contributed by atoms with Gasteiger partial charge in [-0.1, -0.05) is 0 Å². The molecule has 9 nitrogen and oxygen atoms in total. The average molecular weight is 432 g/mol. The maximum absolute atomic E-state index is 12.6. The van der Waals surface area contributed by atoms with E-state index in [1.807, 2.05) is 6.92 Å². The van der Waals surface area contributed by atoms with E-state index in [0.717, 1.165) is 0 Å². The van der Waals surface area contributed by atoms with Gasteiger partial charge in [-0.05, 0) is 13.3 Å². The van der Waals surface area contributed by atoms with Gasteiger partial charge in [0.2, 0.25) is 15.9 Å². The van der Waals surface area contributed by atoms with E-state index < -0.39 is 31.2 Å². The Morgan fingerprint density at radius 1 is 1.19 bits per heavy atom. The molecule has 0 spiro atoms. The van der Waals surface area contributed by atoms with Crippen molar-refractivity contribution < 1.29 is 26.4 Å². The molecule has 1 N–H and O–H groups in total. The molecule has 3 rings (SSSR count). The van der Waals surface area contributed by atoms with Crippen LogP contribution in [0.25, 0.3) is 0 Å². The number of hydrogen-bond acceptors (Lipinski definition) is 7. The molecule has 152 valence electrons. The molecule has 12 heteroatoms. The summed E-state index contributed by atoms with van der Waals surface area (Å²) in [6.07, 6.45) is -0.0586. The summed E-state index contributed by atoms with van der Waals surface area (Å²) >= 11 is 0. The van der Waals surface area contributed by atoms with Crippen LogP contribution in [0.2, 0.25) is 0 Å². The number of nitrogens with zero attached hydrogens (tertiary/aromatic N) is 2. The van der Waals surface area contributed by atoms with Crippen molar-refractivity contribution in [1.82, 2.24) is 14.5 Å². The number of nitrogens with one attached hydrogen (secondary N) is 1. The van der Waals surface area contributed by atoms with Crippen LogP contribution in [0.1, 0.15) is 13.3 Å². The largest absolute Gasteiger partial charge is 0.375 e. The van der Waals surface area contributed by atoms with E-state index >= 15 is 0 Å². The van der Waals surface area contributed by atoms with Gasteiger partial charge in [0.1, 0.15) is 6.04 Å². The topological polar surface area (TPSA) is 113 Å². The number of ether oxygens (including phenoxy) is 1. The summed E-state index contributed by atoms with van der Waals surface area (Å²) in [6, 6.07) is -0.406. The standard InChI is InChI=1S/C14H25N3O6S2.ClH/c1-11-13(15-3-8-23-11)14(18)16-4-6-17(7-5-16)25(21,22)12-2-9-24(19,20)10-12;/h11-13,15H,2-10H2,1H3;1H/t11-,12?,13+;/m1./s1. The number of hydrogen-bond donors (Lipinski definition) is 1. The van der Waals surface area contributed by atoms with Gasteiger partial charge < -0.3 is 15.0 Å². The molecule has 3 atom stereocenters. The molecule has 26 heavy (non-hydrogen) atoms. The molecule has 3 aliphatic rings. The quantitative estimate of drug-likeness (QED) is 0.575. The Hall–Kier alpha value is -0.460. The smallest absolute Gasteiger partial charge is 0.242 e. The minimum absolute atomic E-state index is 0. The van der Waals surface area contributed by atoms with E-state index in [-0.39, 0.29) is 55.4 Å².